The van der Waals surface area contributed by atoms with E-state index in [0.717, 1.165) is 39.3 Å². The third-order valence-corrected chi connectivity index (χ3v) is 5.17. The molecule has 0 aliphatic heterocycles. The molecule has 2 aromatic heterocycles. The Hall–Kier alpha value is -3.74. The summed E-state index contributed by atoms with van der Waals surface area (Å²) in [6.45, 7) is 6.38. The molecule has 4 aromatic rings. The molecule has 0 unspecified atom stereocenters. The van der Waals surface area contributed by atoms with Crippen LogP contribution in [-0.2, 0) is 13.7 Å². The van der Waals surface area contributed by atoms with Crippen LogP contribution in [0.4, 0.5) is 0 Å². The van der Waals surface area contributed by atoms with Crippen LogP contribution >= 0.6 is 0 Å². The minimum absolute atomic E-state index is 0.298. The molecular weight excluding hydrogens is 378 g/mol. The number of hydrogen-bond acceptors (Lipinski definition) is 5. The van der Waals surface area contributed by atoms with Gasteiger partial charge < -0.3 is 4.74 Å². The summed E-state index contributed by atoms with van der Waals surface area (Å²) in [6, 6.07) is 15.8. The first kappa shape index (κ1) is 19.6. The average molecular weight is 401 g/mol. The van der Waals surface area contributed by atoms with E-state index >= 15 is 0 Å². The molecule has 0 amide bonds. The first-order valence-corrected chi connectivity index (χ1v) is 9.69. The first-order chi connectivity index (χ1) is 14.5. The Morgan fingerprint density at radius 2 is 1.77 bits per heavy atom. The molecule has 0 bridgehead atoms. The largest absolute Gasteiger partial charge is 0.489 e. The maximum absolute atomic E-state index is 12.3. The van der Waals surface area contributed by atoms with E-state index in [4.69, 9.17) is 4.74 Å². The van der Waals surface area contributed by atoms with Crippen LogP contribution in [0.3, 0.4) is 0 Å². The number of pyridine rings is 1. The molecule has 2 aromatic carbocycles. The van der Waals surface area contributed by atoms with Crippen molar-refractivity contribution in [1.29, 1.82) is 0 Å². The van der Waals surface area contributed by atoms with Crippen molar-refractivity contribution in [2.75, 3.05) is 0 Å². The predicted molar refractivity (Wildman–Crippen MR) is 115 cm³/mol. The lowest BCUT2D eigenvalue weighted by Crippen LogP contribution is -2.23. The minimum atomic E-state index is -0.298. The van der Waals surface area contributed by atoms with Crippen LogP contribution in [0.2, 0.25) is 0 Å². The molecule has 0 spiro atoms. The van der Waals surface area contributed by atoms with Gasteiger partial charge in [0.15, 0.2) is 0 Å². The second-order valence-electron chi connectivity index (χ2n) is 7.31. The highest BCUT2D eigenvalue weighted by Gasteiger charge is 2.15. The van der Waals surface area contributed by atoms with Gasteiger partial charge in [0.25, 0.3) is 0 Å². The highest BCUT2D eigenvalue weighted by atomic mass is 16.5. The van der Waals surface area contributed by atoms with Crippen LogP contribution in [0.1, 0.15) is 22.3 Å². The molecule has 0 aliphatic rings. The van der Waals surface area contributed by atoms with Gasteiger partial charge in [0.1, 0.15) is 12.4 Å². The van der Waals surface area contributed by atoms with Gasteiger partial charge >= 0.3 is 5.69 Å². The topological polar surface area (TPSA) is 74.8 Å². The second kappa shape index (κ2) is 7.94. The van der Waals surface area contributed by atoms with Crippen LogP contribution in [0, 0.1) is 20.8 Å². The minimum Gasteiger partial charge on any atom is -0.489 e. The summed E-state index contributed by atoms with van der Waals surface area (Å²) in [5.41, 5.74) is 6.42. The third-order valence-electron chi connectivity index (χ3n) is 5.17. The highest BCUT2D eigenvalue weighted by Crippen LogP contribution is 2.30. The van der Waals surface area contributed by atoms with Gasteiger partial charge in [-0.1, -0.05) is 18.2 Å². The van der Waals surface area contributed by atoms with Crippen LogP contribution in [0.25, 0.3) is 16.9 Å². The number of tetrazole rings is 1. The molecule has 0 N–H and O–H groups in total. The molecule has 0 radical (unpaired) electrons. The monoisotopic (exact) mass is 401 g/mol. The van der Waals surface area contributed by atoms with Crippen molar-refractivity contribution in [1.82, 2.24) is 24.8 Å². The SMILES string of the molecule is Cc1cc(-c2ccccn2)c(C)cc1OCc1c(C)cccc1-n1nnn(C)c1=O. The van der Waals surface area contributed by atoms with Gasteiger partial charge in [-0.15, -0.1) is 0 Å². The molecule has 0 saturated heterocycles. The van der Waals surface area contributed by atoms with Gasteiger partial charge in [0, 0.05) is 24.4 Å². The molecule has 4 rings (SSSR count). The quantitative estimate of drug-likeness (QED) is 0.511. The maximum atomic E-state index is 12.3. The smallest absolute Gasteiger partial charge is 0.368 e. The Morgan fingerprint density at radius 1 is 0.933 bits per heavy atom. The molecule has 30 heavy (non-hydrogen) atoms. The van der Waals surface area contributed by atoms with E-state index in [1.54, 1.807) is 13.2 Å². The predicted octanol–water partition coefficient (Wildman–Crippen LogP) is 3.53. The lowest BCUT2D eigenvalue weighted by molar-refractivity contribution is 0.302. The van der Waals surface area contributed by atoms with E-state index < -0.39 is 0 Å². The van der Waals surface area contributed by atoms with Gasteiger partial charge in [-0.3, -0.25) is 4.98 Å². The molecular formula is C23H23N5O2. The van der Waals surface area contributed by atoms with Gasteiger partial charge in [-0.05, 0) is 78.2 Å². The van der Waals surface area contributed by atoms with Crippen molar-refractivity contribution in [2.24, 2.45) is 7.05 Å². The van der Waals surface area contributed by atoms with E-state index in [0.29, 0.717) is 12.3 Å². The molecule has 7 nitrogen and oxygen atoms in total. The first-order valence-electron chi connectivity index (χ1n) is 9.69. The van der Waals surface area contributed by atoms with Crippen molar-refractivity contribution in [3.8, 4) is 22.7 Å². The zero-order chi connectivity index (χ0) is 21.3. The summed E-state index contributed by atoms with van der Waals surface area (Å²) in [7, 11) is 1.58. The number of ether oxygens (including phenoxy) is 1. The lowest BCUT2D eigenvalue weighted by Gasteiger charge is -2.16. The second-order valence-corrected chi connectivity index (χ2v) is 7.31. The fraction of sp³-hybridized carbons (Fsp3) is 0.217. The summed E-state index contributed by atoms with van der Waals surface area (Å²) in [5, 5.41) is 7.79. The van der Waals surface area contributed by atoms with E-state index in [1.165, 1.54) is 9.36 Å². The van der Waals surface area contributed by atoms with Crippen LogP contribution in [0.5, 0.6) is 5.75 Å². The number of aryl methyl sites for hydroxylation is 4. The van der Waals surface area contributed by atoms with E-state index in [1.807, 2.05) is 56.3 Å². The molecule has 2 heterocycles. The number of benzene rings is 2. The highest BCUT2D eigenvalue weighted by molar-refractivity contribution is 5.66. The van der Waals surface area contributed by atoms with Gasteiger partial charge in [-0.2, -0.15) is 9.36 Å². The number of hydrogen-bond donors (Lipinski definition) is 0. The molecule has 0 aliphatic carbocycles. The van der Waals surface area contributed by atoms with E-state index in [9.17, 15) is 4.79 Å². The normalized spacial score (nSPS) is 10.9. The molecule has 0 fully saturated rings. The number of nitrogens with zero attached hydrogens (tertiary/aromatic N) is 5. The summed E-state index contributed by atoms with van der Waals surface area (Å²) < 4.78 is 8.70. The van der Waals surface area contributed by atoms with Gasteiger partial charge in [0.05, 0.1) is 11.4 Å². The fourth-order valence-electron chi connectivity index (χ4n) is 3.43. The Balaban J connectivity index is 1.66. The maximum Gasteiger partial charge on any atom is 0.368 e. The van der Waals surface area contributed by atoms with Crippen LogP contribution < -0.4 is 10.4 Å². The van der Waals surface area contributed by atoms with Gasteiger partial charge in [0.2, 0.25) is 0 Å². The van der Waals surface area contributed by atoms with Crippen molar-refractivity contribution in [3.05, 3.63) is 87.5 Å². The Labute approximate surface area is 174 Å². The third kappa shape index (κ3) is 3.61. The van der Waals surface area contributed by atoms with Crippen molar-refractivity contribution < 1.29 is 4.74 Å². The fourth-order valence-corrected chi connectivity index (χ4v) is 3.43. The average Bonchev–Trinajstić information content (AvgIpc) is 3.08. The zero-order valence-corrected chi connectivity index (χ0v) is 17.5. The van der Waals surface area contributed by atoms with Gasteiger partial charge in [-0.25, -0.2) is 4.79 Å². The van der Waals surface area contributed by atoms with Crippen molar-refractivity contribution >= 4 is 0 Å². The standard InChI is InChI=1S/C23H23N5O2/c1-15-8-7-10-21(28-23(29)27(4)25-26-28)19(15)14-30-22-13-16(2)18(12-17(22)3)20-9-5-6-11-24-20/h5-13H,14H2,1-4H3. The molecule has 7 heteroatoms. The van der Waals surface area contributed by atoms with Crippen LogP contribution in [0.15, 0.2) is 59.5 Å². The zero-order valence-electron chi connectivity index (χ0n) is 17.5. The lowest BCUT2D eigenvalue weighted by atomic mass is 10.0. The summed E-state index contributed by atoms with van der Waals surface area (Å²) >= 11 is 0. The summed E-state index contributed by atoms with van der Waals surface area (Å²) in [5.74, 6) is 0.799. The molecule has 0 atom stereocenters. The number of aromatic nitrogens is 5. The Bertz CT molecular complexity index is 1260. The van der Waals surface area contributed by atoms with Crippen molar-refractivity contribution in [2.45, 2.75) is 27.4 Å². The molecule has 152 valence electrons. The molecule has 0 saturated carbocycles. The number of rotatable bonds is 5. The van der Waals surface area contributed by atoms with Crippen LogP contribution in [-0.4, -0.2) is 24.8 Å². The Kier molecular flexibility index (Phi) is 5.18. The summed E-state index contributed by atoms with van der Waals surface area (Å²) in [6.07, 6.45) is 1.79. The Morgan fingerprint density at radius 3 is 2.47 bits per heavy atom. The summed E-state index contributed by atoms with van der Waals surface area (Å²) in [4.78, 5) is 16.8. The van der Waals surface area contributed by atoms with E-state index in [2.05, 4.69) is 28.4 Å². The van der Waals surface area contributed by atoms with E-state index in [-0.39, 0.29) is 5.69 Å². The van der Waals surface area contributed by atoms with Crippen molar-refractivity contribution in [3.63, 3.8) is 0 Å².